The van der Waals surface area contributed by atoms with Gasteiger partial charge in [0, 0.05) is 26.0 Å². The molecule has 1 amide bonds. The van der Waals surface area contributed by atoms with Crippen LogP contribution in [0.1, 0.15) is 21.5 Å². The Morgan fingerprint density at radius 3 is 2.75 bits per heavy atom. The standard InChI is InChI=1S/C17H14F3N3O/c1-21-16(24)13-10-23(14-6-3-7-22-15(13)14)9-11-4-2-5-12(8-11)17(18,19)20/h2-8,10H,9H2,1H3,(H,21,24). The monoisotopic (exact) mass is 333 g/mol. The number of halogens is 3. The maximum absolute atomic E-state index is 12.8. The van der Waals surface area contributed by atoms with E-state index in [1.54, 1.807) is 35.2 Å². The van der Waals surface area contributed by atoms with Crippen molar-refractivity contribution in [2.75, 3.05) is 7.05 Å². The number of fused-ring (bicyclic) bond motifs is 1. The molecule has 2 heterocycles. The summed E-state index contributed by atoms with van der Waals surface area (Å²) in [6, 6.07) is 8.65. The second-order valence-corrected chi connectivity index (χ2v) is 5.32. The minimum absolute atomic E-state index is 0.211. The van der Waals surface area contributed by atoms with E-state index in [0.717, 1.165) is 12.1 Å². The van der Waals surface area contributed by atoms with Gasteiger partial charge in [0.05, 0.1) is 16.6 Å². The van der Waals surface area contributed by atoms with Gasteiger partial charge in [-0.05, 0) is 29.8 Å². The number of carbonyl (C=O) groups is 1. The first-order chi connectivity index (χ1) is 11.4. The summed E-state index contributed by atoms with van der Waals surface area (Å²) in [6.07, 6.45) is -1.20. The van der Waals surface area contributed by atoms with Crippen molar-refractivity contribution in [1.29, 1.82) is 0 Å². The number of pyridine rings is 1. The second-order valence-electron chi connectivity index (χ2n) is 5.32. The van der Waals surface area contributed by atoms with Crippen LogP contribution in [0.4, 0.5) is 13.2 Å². The predicted molar refractivity (Wildman–Crippen MR) is 83.7 cm³/mol. The van der Waals surface area contributed by atoms with Crippen LogP contribution in [0.5, 0.6) is 0 Å². The maximum Gasteiger partial charge on any atom is 0.416 e. The topological polar surface area (TPSA) is 46.9 Å². The van der Waals surface area contributed by atoms with Gasteiger partial charge >= 0.3 is 6.18 Å². The number of aromatic nitrogens is 2. The molecule has 0 aliphatic heterocycles. The first-order valence-electron chi connectivity index (χ1n) is 7.22. The summed E-state index contributed by atoms with van der Waals surface area (Å²) in [5.74, 6) is -0.290. The van der Waals surface area contributed by atoms with Crippen LogP contribution in [-0.4, -0.2) is 22.5 Å². The largest absolute Gasteiger partial charge is 0.416 e. The van der Waals surface area contributed by atoms with Gasteiger partial charge in [-0.25, -0.2) is 0 Å². The zero-order chi connectivity index (χ0) is 17.3. The molecule has 0 spiro atoms. The fraction of sp³-hybridized carbons (Fsp3) is 0.176. The molecule has 0 aliphatic carbocycles. The number of amides is 1. The smallest absolute Gasteiger partial charge is 0.355 e. The molecule has 1 aromatic carbocycles. The van der Waals surface area contributed by atoms with Gasteiger partial charge in [-0.2, -0.15) is 13.2 Å². The van der Waals surface area contributed by atoms with Crippen LogP contribution < -0.4 is 5.32 Å². The summed E-state index contributed by atoms with van der Waals surface area (Å²) in [5.41, 5.74) is 1.40. The molecule has 0 saturated heterocycles. The maximum atomic E-state index is 12.8. The van der Waals surface area contributed by atoms with E-state index in [0.29, 0.717) is 22.2 Å². The SMILES string of the molecule is CNC(=O)c1cn(Cc2cccc(C(F)(F)F)c2)c2cccnc12. The van der Waals surface area contributed by atoms with E-state index in [4.69, 9.17) is 0 Å². The van der Waals surface area contributed by atoms with Crippen molar-refractivity contribution in [3.63, 3.8) is 0 Å². The highest BCUT2D eigenvalue weighted by molar-refractivity contribution is 6.05. The van der Waals surface area contributed by atoms with E-state index >= 15 is 0 Å². The van der Waals surface area contributed by atoms with Gasteiger partial charge in [0.25, 0.3) is 5.91 Å². The van der Waals surface area contributed by atoms with Gasteiger partial charge < -0.3 is 9.88 Å². The lowest BCUT2D eigenvalue weighted by Gasteiger charge is -2.10. The number of benzene rings is 1. The fourth-order valence-corrected chi connectivity index (χ4v) is 2.60. The Balaban J connectivity index is 2.04. The zero-order valence-corrected chi connectivity index (χ0v) is 12.8. The number of alkyl halides is 3. The van der Waals surface area contributed by atoms with Crippen LogP contribution >= 0.6 is 0 Å². The highest BCUT2D eigenvalue weighted by Crippen LogP contribution is 2.30. The Kier molecular flexibility index (Phi) is 4.01. The summed E-state index contributed by atoms with van der Waals surface area (Å²) in [7, 11) is 1.52. The molecule has 0 aliphatic rings. The number of hydrogen-bond acceptors (Lipinski definition) is 2. The molecule has 2 aromatic heterocycles. The highest BCUT2D eigenvalue weighted by atomic mass is 19.4. The number of hydrogen-bond donors (Lipinski definition) is 1. The Morgan fingerprint density at radius 2 is 2.04 bits per heavy atom. The lowest BCUT2D eigenvalue weighted by atomic mass is 10.1. The molecule has 4 nitrogen and oxygen atoms in total. The van der Waals surface area contributed by atoms with Gasteiger partial charge in [0.15, 0.2) is 0 Å². The van der Waals surface area contributed by atoms with E-state index in [1.165, 1.54) is 13.1 Å². The van der Waals surface area contributed by atoms with E-state index in [1.807, 2.05) is 0 Å². The number of carbonyl (C=O) groups excluding carboxylic acids is 1. The number of nitrogens with zero attached hydrogens (tertiary/aromatic N) is 2. The lowest BCUT2D eigenvalue weighted by molar-refractivity contribution is -0.137. The Morgan fingerprint density at radius 1 is 1.25 bits per heavy atom. The molecule has 1 N–H and O–H groups in total. The van der Waals surface area contributed by atoms with E-state index in [2.05, 4.69) is 10.3 Å². The Labute approximate surface area is 135 Å². The molecule has 0 radical (unpaired) electrons. The van der Waals surface area contributed by atoms with Crippen molar-refractivity contribution in [2.45, 2.75) is 12.7 Å². The van der Waals surface area contributed by atoms with E-state index in [9.17, 15) is 18.0 Å². The van der Waals surface area contributed by atoms with Crippen LogP contribution in [-0.2, 0) is 12.7 Å². The first kappa shape index (κ1) is 16.0. The van der Waals surface area contributed by atoms with Crippen LogP contribution in [0.15, 0.2) is 48.8 Å². The average Bonchev–Trinajstić information content (AvgIpc) is 2.92. The molecule has 24 heavy (non-hydrogen) atoms. The average molecular weight is 333 g/mol. The number of rotatable bonds is 3. The van der Waals surface area contributed by atoms with Crippen molar-refractivity contribution in [3.05, 3.63) is 65.5 Å². The van der Waals surface area contributed by atoms with E-state index < -0.39 is 11.7 Å². The van der Waals surface area contributed by atoms with Gasteiger partial charge in [-0.1, -0.05) is 12.1 Å². The van der Waals surface area contributed by atoms with Crippen molar-refractivity contribution < 1.29 is 18.0 Å². The van der Waals surface area contributed by atoms with E-state index in [-0.39, 0.29) is 12.5 Å². The van der Waals surface area contributed by atoms with Crippen LogP contribution in [0, 0.1) is 0 Å². The highest BCUT2D eigenvalue weighted by Gasteiger charge is 2.30. The molecule has 0 saturated carbocycles. The van der Waals surface area contributed by atoms with Gasteiger partial charge in [-0.15, -0.1) is 0 Å². The summed E-state index contributed by atoms with van der Waals surface area (Å²) in [4.78, 5) is 16.2. The molecular formula is C17H14F3N3O. The van der Waals surface area contributed by atoms with Crippen molar-refractivity contribution >= 4 is 16.9 Å². The van der Waals surface area contributed by atoms with Gasteiger partial charge in [0.1, 0.15) is 5.52 Å². The molecular weight excluding hydrogens is 319 g/mol. The van der Waals surface area contributed by atoms with Crippen molar-refractivity contribution in [3.8, 4) is 0 Å². The number of nitrogens with one attached hydrogen (secondary N) is 1. The Bertz CT molecular complexity index is 899. The molecule has 7 heteroatoms. The Hall–Kier alpha value is -2.83. The summed E-state index contributed by atoms with van der Waals surface area (Å²) >= 11 is 0. The first-order valence-corrected chi connectivity index (χ1v) is 7.22. The summed E-state index contributed by atoms with van der Waals surface area (Å²) in [6.45, 7) is 0.211. The minimum Gasteiger partial charge on any atom is -0.355 e. The third-order valence-corrected chi connectivity index (χ3v) is 3.71. The van der Waals surface area contributed by atoms with Crippen LogP contribution in [0.3, 0.4) is 0 Å². The second kappa shape index (κ2) is 5.99. The quantitative estimate of drug-likeness (QED) is 0.798. The normalized spacial score (nSPS) is 11.7. The van der Waals surface area contributed by atoms with Crippen LogP contribution in [0.2, 0.25) is 0 Å². The van der Waals surface area contributed by atoms with Crippen molar-refractivity contribution in [2.24, 2.45) is 0 Å². The van der Waals surface area contributed by atoms with Crippen molar-refractivity contribution in [1.82, 2.24) is 14.9 Å². The molecule has 3 aromatic rings. The lowest BCUT2D eigenvalue weighted by Crippen LogP contribution is -2.17. The zero-order valence-electron chi connectivity index (χ0n) is 12.8. The molecule has 0 bridgehead atoms. The fourth-order valence-electron chi connectivity index (χ4n) is 2.60. The molecule has 3 rings (SSSR count). The summed E-state index contributed by atoms with van der Waals surface area (Å²) < 4.78 is 40.3. The predicted octanol–water partition coefficient (Wildman–Crippen LogP) is 3.46. The third kappa shape index (κ3) is 2.97. The van der Waals surface area contributed by atoms with Gasteiger partial charge in [0.2, 0.25) is 0 Å². The minimum atomic E-state index is -4.39. The summed E-state index contributed by atoms with van der Waals surface area (Å²) in [5, 5.41) is 2.54. The third-order valence-electron chi connectivity index (χ3n) is 3.71. The molecule has 124 valence electrons. The van der Waals surface area contributed by atoms with Gasteiger partial charge in [-0.3, -0.25) is 9.78 Å². The molecule has 0 atom stereocenters. The molecule has 0 unspecified atom stereocenters. The van der Waals surface area contributed by atoms with Crippen LogP contribution in [0.25, 0.3) is 11.0 Å². The molecule has 0 fully saturated rings.